The molecule has 1 saturated carbocycles. The zero-order chi connectivity index (χ0) is 22.9. The summed E-state index contributed by atoms with van der Waals surface area (Å²) in [6.45, 7) is 3.05. The van der Waals surface area contributed by atoms with Crippen molar-refractivity contribution in [3.63, 3.8) is 0 Å². The summed E-state index contributed by atoms with van der Waals surface area (Å²) >= 11 is 0. The Labute approximate surface area is 188 Å². The molecule has 2 N–H and O–H groups in total. The Kier molecular flexibility index (Phi) is 8.73. The number of aliphatic hydroxyl groups is 1. The van der Waals surface area contributed by atoms with Crippen LogP contribution in [0.2, 0.25) is 0 Å². The molecule has 1 aliphatic carbocycles. The molecule has 0 radical (unpaired) electrons. The van der Waals surface area contributed by atoms with E-state index < -0.39 is 0 Å². The first kappa shape index (κ1) is 23.9. The van der Waals surface area contributed by atoms with Gasteiger partial charge in [-0.2, -0.15) is 0 Å². The highest BCUT2D eigenvalue weighted by Crippen LogP contribution is 2.26. The van der Waals surface area contributed by atoms with Crippen LogP contribution < -0.4 is 10.9 Å². The summed E-state index contributed by atoms with van der Waals surface area (Å²) < 4.78 is 15.0. The van der Waals surface area contributed by atoms with Crippen LogP contribution in [0.5, 0.6) is 0 Å². The third-order valence-electron chi connectivity index (χ3n) is 5.84. The lowest BCUT2D eigenvalue weighted by molar-refractivity contribution is 0.287. The summed E-state index contributed by atoms with van der Waals surface area (Å²) in [5.41, 5.74) is 2.65. The number of anilines is 1. The van der Waals surface area contributed by atoms with Crippen LogP contribution in [-0.4, -0.2) is 33.3 Å². The Balaban J connectivity index is 0.000000523. The number of nitrogens with zero attached hydrogens (tertiary/aromatic N) is 3. The number of benzene rings is 1. The fraction of sp³-hybridized carbons (Fsp3) is 0.480. The quantitative estimate of drug-likeness (QED) is 0.564. The SMILES string of the molecule is CCCCO.CNc1nc2ccc(-c3ccc(F)cc3)nc2n(CC2CCCCC2)c1=O. The second-order valence-electron chi connectivity index (χ2n) is 8.25. The molecule has 0 aliphatic heterocycles. The van der Waals surface area contributed by atoms with Crippen molar-refractivity contribution in [3.8, 4) is 11.3 Å². The third kappa shape index (κ3) is 5.91. The molecule has 0 amide bonds. The van der Waals surface area contributed by atoms with Crippen LogP contribution in [0, 0.1) is 11.7 Å². The first-order valence-corrected chi connectivity index (χ1v) is 11.5. The van der Waals surface area contributed by atoms with E-state index in [2.05, 4.69) is 17.2 Å². The molecular weight excluding hydrogens is 407 g/mol. The number of hydrogen-bond acceptors (Lipinski definition) is 5. The Morgan fingerprint density at radius 1 is 1.09 bits per heavy atom. The molecule has 1 fully saturated rings. The lowest BCUT2D eigenvalue weighted by atomic mass is 9.89. The minimum absolute atomic E-state index is 0.140. The van der Waals surface area contributed by atoms with Gasteiger partial charge in [0.05, 0.1) is 5.69 Å². The average molecular weight is 441 g/mol. The molecule has 32 heavy (non-hydrogen) atoms. The highest BCUT2D eigenvalue weighted by atomic mass is 19.1. The van der Waals surface area contributed by atoms with Crippen LogP contribution in [0.1, 0.15) is 51.9 Å². The average Bonchev–Trinajstić information content (AvgIpc) is 2.82. The Hall–Kier alpha value is -2.80. The second kappa shape index (κ2) is 11.7. The van der Waals surface area contributed by atoms with E-state index in [9.17, 15) is 9.18 Å². The summed E-state index contributed by atoms with van der Waals surface area (Å²) in [4.78, 5) is 22.1. The number of aromatic nitrogens is 3. The van der Waals surface area contributed by atoms with Crippen molar-refractivity contribution in [2.75, 3.05) is 19.0 Å². The summed E-state index contributed by atoms with van der Waals surface area (Å²) in [6.07, 6.45) is 8.03. The van der Waals surface area contributed by atoms with Crippen LogP contribution in [0.3, 0.4) is 0 Å². The topological polar surface area (TPSA) is 80.0 Å². The molecule has 4 rings (SSSR count). The van der Waals surface area contributed by atoms with Gasteiger partial charge in [0.1, 0.15) is 11.3 Å². The first-order valence-electron chi connectivity index (χ1n) is 11.5. The van der Waals surface area contributed by atoms with Gasteiger partial charge in [0.2, 0.25) is 0 Å². The summed E-state index contributed by atoms with van der Waals surface area (Å²) in [5, 5.41) is 11.0. The van der Waals surface area contributed by atoms with Crippen molar-refractivity contribution in [3.05, 3.63) is 52.6 Å². The van der Waals surface area contributed by atoms with Crippen molar-refractivity contribution in [1.82, 2.24) is 14.5 Å². The molecule has 1 aliphatic rings. The molecule has 6 nitrogen and oxygen atoms in total. The smallest absolute Gasteiger partial charge is 0.294 e. The number of unbranched alkanes of at least 4 members (excludes halogenated alkanes) is 1. The van der Waals surface area contributed by atoms with Gasteiger partial charge < -0.3 is 10.4 Å². The fourth-order valence-corrected chi connectivity index (χ4v) is 4.02. The van der Waals surface area contributed by atoms with Crippen LogP contribution in [0.4, 0.5) is 10.2 Å². The van der Waals surface area contributed by atoms with Crippen molar-refractivity contribution in [2.24, 2.45) is 5.92 Å². The Bertz CT molecular complexity index is 1060. The largest absolute Gasteiger partial charge is 0.396 e. The molecule has 1 aromatic carbocycles. The van der Waals surface area contributed by atoms with E-state index in [1.165, 1.54) is 31.4 Å². The van der Waals surface area contributed by atoms with Gasteiger partial charge in [0.25, 0.3) is 5.56 Å². The lowest BCUT2D eigenvalue weighted by Gasteiger charge is -2.23. The first-order chi connectivity index (χ1) is 15.6. The fourth-order valence-electron chi connectivity index (χ4n) is 4.02. The van der Waals surface area contributed by atoms with Gasteiger partial charge in [-0.25, -0.2) is 14.4 Å². The van der Waals surface area contributed by atoms with Crippen molar-refractivity contribution in [1.29, 1.82) is 0 Å². The maximum absolute atomic E-state index is 13.2. The molecule has 2 heterocycles. The Morgan fingerprint density at radius 2 is 1.81 bits per heavy atom. The van der Waals surface area contributed by atoms with E-state index in [0.29, 0.717) is 41.7 Å². The number of hydrogen-bond donors (Lipinski definition) is 2. The number of pyridine rings is 1. The maximum atomic E-state index is 13.2. The molecule has 0 bridgehead atoms. The summed E-state index contributed by atoms with van der Waals surface area (Å²) in [6, 6.07) is 9.96. The maximum Gasteiger partial charge on any atom is 0.294 e. The lowest BCUT2D eigenvalue weighted by Crippen LogP contribution is -2.28. The third-order valence-corrected chi connectivity index (χ3v) is 5.84. The highest BCUT2D eigenvalue weighted by Gasteiger charge is 2.19. The van der Waals surface area contributed by atoms with E-state index in [4.69, 9.17) is 10.1 Å². The summed E-state index contributed by atoms with van der Waals surface area (Å²) in [5.74, 6) is 0.548. The van der Waals surface area contributed by atoms with E-state index in [1.54, 1.807) is 23.7 Å². The van der Waals surface area contributed by atoms with Crippen molar-refractivity contribution < 1.29 is 9.50 Å². The molecule has 0 unspecified atom stereocenters. The van der Waals surface area contributed by atoms with Gasteiger partial charge in [0.15, 0.2) is 11.5 Å². The van der Waals surface area contributed by atoms with Gasteiger partial charge in [-0.05, 0) is 61.6 Å². The van der Waals surface area contributed by atoms with Crippen LogP contribution >= 0.6 is 0 Å². The van der Waals surface area contributed by atoms with Gasteiger partial charge in [-0.1, -0.05) is 32.6 Å². The normalized spacial score (nSPS) is 14.1. The predicted molar refractivity (Wildman–Crippen MR) is 127 cm³/mol. The molecular formula is C25H33FN4O2. The number of halogens is 1. The molecule has 7 heteroatoms. The molecule has 3 aromatic rings. The minimum Gasteiger partial charge on any atom is -0.396 e. The molecule has 172 valence electrons. The number of nitrogens with one attached hydrogen (secondary N) is 1. The molecule has 0 spiro atoms. The van der Waals surface area contributed by atoms with Crippen LogP contribution in [0.15, 0.2) is 41.2 Å². The van der Waals surface area contributed by atoms with Crippen LogP contribution in [0.25, 0.3) is 22.4 Å². The molecule has 0 saturated heterocycles. The second-order valence-corrected chi connectivity index (χ2v) is 8.25. The molecule has 0 atom stereocenters. The summed E-state index contributed by atoms with van der Waals surface area (Å²) in [7, 11) is 1.71. The van der Waals surface area contributed by atoms with E-state index in [-0.39, 0.29) is 11.4 Å². The van der Waals surface area contributed by atoms with E-state index in [0.717, 1.165) is 31.2 Å². The van der Waals surface area contributed by atoms with Gasteiger partial charge in [-0.3, -0.25) is 9.36 Å². The zero-order valence-electron chi connectivity index (χ0n) is 19.0. The van der Waals surface area contributed by atoms with E-state index in [1.807, 2.05) is 12.1 Å². The predicted octanol–water partition coefficient (Wildman–Crippen LogP) is 5.00. The number of fused-ring (bicyclic) bond motifs is 1. The van der Waals surface area contributed by atoms with Crippen molar-refractivity contribution in [2.45, 2.75) is 58.4 Å². The zero-order valence-corrected chi connectivity index (χ0v) is 19.0. The monoisotopic (exact) mass is 440 g/mol. The Morgan fingerprint density at radius 3 is 2.41 bits per heavy atom. The molecule has 2 aromatic heterocycles. The standard InChI is InChI=1S/C21H23FN4O.C4H10O/c1-23-19-21(27)26(13-14-5-3-2-4-6-14)20-18(24-19)12-11-17(25-20)15-7-9-16(22)10-8-15;1-2-3-4-5/h7-12,14H,2-6,13H2,1H3,(H,23,24);5H,2-4H2,1H3. The minimum atomic E-state index is -0.283. The number of rotatable bonds is 6. The van der Waals surface area contributed by atoms with Gasteiger partial charge in [-0.15, -0.1) is 0 Å². The van der Waals surface area contributed by atoms with Crippen molar-refractivity contribution >= 4 is 17.0 Å². The van der Waals surface area contributed by atoms with Crippen LogP contribution in [-0.2, 0) is 6.54 Å². The van der Waals surface area contributed by atoms with Gasteiger partial charge in [0, 0.05) is 25.8 Å². The number of aliphatic hydroxyl groups excluding tert-OH is 1. The van der Waals surface area contributed by atoms with E-state index >= 15 is 0 Å². The van der Waals surface area contributed by atoms with Gasteiger partial charge >= 0.3 is 0 Å². The highest BCUT2D eigenvalue weighted by molar-refractivity contribution is 5.76.